The standard InChI is InChI=1S/C23H31ClO3.C5H13O3P/c1-5-18(26)20-13(2)10-17-16-7-6-14-11-15(25)8-9-22(14,4)23(16,24)19(27)12-21(17,20)3;1-3-7-9(5-6)8-4-2/h8-9,11,13,16-17,19-20,27H,5-7,10,12H2,1-4H3;6H,3-5H2,1-2H3/t13-,16?,17+,19?,20?,21?,22?,23+;/m1./s1. The number of rotatable bonds is 7. The molecule has 0 aromatic heterocycles. The maximum atomic E-state index is 12.8. The van der Waals surface area contributed by atoms with Crippen molar-refractivity contribution in [2.75, 3.05) is 19.6 Å². The monoisotopic (exact) mass is 542 g/mol. The molecule has 0 aromatic rings. The van der Waals surface area contributed by atoms with Gasteiger partial charge in [0.2, 0.25) is 0 Å². The fraction of sp³-hybridized carbons (Fsp3) is 0.786. The Balaban J connectivity index is 0.000000345. The molecule has 36 heavy (non-hydrogen) atoms. The van der Waals surface area contributed by atoms with Crippen molar-refractivity contribution in [2.45, 2.75) is 84.6 Å². The molecule has 4 aliphatic carbocycles. The quantitative estimate of drug-likeness (QED) is 0.312. The number of aliphatic hydroxyl groups is 2. The van der Waals surface area contributed by atoms with E-state index < -0.39 is 24.8 Å². The van der Waals surface area contributed by atoms with E-state index in [-0.39, 0.29) is 29.4 Å². The molecule has 4 aliphatic rings. The Bertz CT molecular complexity index is 885. The fourth-order valence-electron chi connectivity index (χ4n) is 7.89. The molecule has 2 N–H and O–H groups in total. The fourth-order valence-corrected chi connectivity index (χ4v) is 9.23. The van der Waals surface area contributed by atoms with Gasteiger partial charge in [0.25, 0.3) is 0 Å². The third-order valence-electron chi connectivity index (χ3n) is 9.34. The molecule has 4 rings (SSSR count). The summed E-state index contributed by atoms with van der Waals surface area (Å²) in [6.45, 7) is 13.4. The average Bonchev–Trinajstić information content (AvgIpc) is 3.10. The Kier molecular flexibility index (Phi) is 9.67. The Morgan fingerprint density at radius 1 is 1.19 bits per heavy atom. The van der Waals surface area contributed by atoms with Gasteiger partial charge < -0.3 is 19.3 Å². The van der Waals surface area contributed by atoms with Crippen LogP contribution in [0.25, 0.3) is 0 Å². The lowest BCUT2D eigenvalue weighted by Gasteiger charge is -2.63. The summed E-state index contributed by atoms with van der Waals surface area (Å²) in [4.78, 5) is 23.9. The molecule has 0 heterocycles. The van der Waals surface area contributed by atoms with Crippen LogP contribution in [0.15, 0.2) is 23.8 Å². The van der Waals surface area contributed by atoms with Crippen molar-refractivity contribution < 1.29 is 28.8 Å². The predicted molar refractivity (Wildman–Crippen MR) is 144 cm³/mol. The Morgan fingerprint density at radius 3 is 2.39 bits per heavy atom. The zero-order valence-corrected chi connectivity index (χ0v) is 24.3. The van der Waals surface area contributed by atoms with E-state index in [9.17, 15) is 14.7 Å². The smallest absolute Gasteiger partial charge is 0.197 e. The lowest BCUT2D eigenvalue weighted by atomic mass is 9.46. The topological polar surface area (TPSA) is 93.1 Å². The van der Waals surface area contributed by atoms with Crippen molar-refractivity contribution in [3.8, 4) is 0 Å². The van der Waals surface area contributed by atoms with Crippen molar-refractivity contribution in [3.05, 3.63) is 23.8 Å². The van der Waals surface area contributed by atoms with Gasteiger partial charge in [-0.2, -0.15) is 0 Å². The zero-order chi connectivity index (χ0) is 26.9. The summed E-state index contributed by atoms with van der Waals surface area (Å²) in [5.41, 5.74) is 0.347. The van der Waals surface area contributed by atoms with Gasteiger partial charge in [-0.25, -0.2) is 0 Å². The molecule has 0 bridgehead atoms. The van der Waals surface area contributed by atoms with Crippen LogP contribution >= 0.6 is 20.0 Å². The second kappa shape index (κ2) is 11.6. The number of hydrogen-bond donors (Lipinski definition) is 2. The summed E-state index contributed by atoms with van der Waals surface area (Å²) in [6, 6.07) is 0. The van der Waals surface area contributed by atoms with E-state index in [2.05, 4.69) is 20.8 Å². The summed E-state index contributed by atoms with van der Waals surface area (Å²) in [5, 5.41) is 20.0. The highest BCUT2D eigenvalue weighted by molar-refractivity contribution is 7.46. The molecule has 0 amide bonds. The number of halogens is 1. The molecule has 6 nitrogen and oxygen atoms in total. The van der Waals surface area contributed by atoms with Gasteiger partial charge in [0.05, 0.1) is 24.2 Å². The van der Waals surface area contributed by atoms with Crippen LogP contribution in [-0.2, 0) is 18.6 Å². The third-order valence-corrected chi connectivity index (χ3v) is 11.6. The van der Waals surface area contributed by atoms with Crippen LogP contribution in [0.1, 0.15) is 73.6 Å². The summed E-state index contributed by atoms with van der Waals surface area (Å²) in [6.07, 6.45) is 8.39. The maximum absolute atomic E-state index is 12.8. The molecule has 3 fully saturated rings. The van der Waals surface area contributed by atoms with E-state index in [0.717, 1.165) is 24.8 Å². The van der Waals surface area contributed by atoms with E-state index in [1.165, 1.54) is 0 Å². The van der Waals surface area contributed by atoms with Crippen LogP contribution in [0.3, 0.4) is 0 Å². The normalized spacial score (nSPS) is 41.1. The first-order valence-electron chi connectivity index (χ1n) is 13.4. The number of allylic oxidation sites excluding steroid dienone is 4. The minimum atomic E-state index is -1.00. The van der Waals surface area contributed by atoms with Gasteiger partial charge in [-0.05, 0) is 74.9 Å². The van der Waals surface area contributed by atoms with Gasteiger partial charge in [-0.1, -0.05) is 39.3 Å². The molecule has 0 spiro atoms. The first-order valence-corrected chi connectivity index (χ1v) is 15.2. The van der Waals surface area contributed by atoms with Crippen LogP contribution in [0.5, 0.6) is 0 Å². The van der Waals surface area contributed by atoms with Crippen molar-refractivity contribution in [1.82, 2.24) is 0 Å². The predicted octanol–water partition coefficient (Wildman–Crippen LogP) is 5.79. The summed E-state index contributed by atoms with van der Waals surface area (Å²) in [7, 11) is -1.00. The number of Topliss-reactive ketones (excluding diaryl/α,β-unsaturated/α-hetero) is 1. The Labute approximate surface area is 222 Å². The van der Waals surface area contributed by atoms with Crippen molar-refractivity contribution in [1.29, 1.82) is 0 Å². The van der Waals surface area contributed by atoms with Crippen LogP contribution in [-0.4, -0.2) is 52.3 Å². The van der Waals surface area contributed by atoms with E-state index in [0.29, 0.717) is 43.7 Å². The Hall–Kier alpha value is -0.620. The van der Waals surface area contributed by atoms with Crippen LogP contribution in [0.4, 0.5) is 0 Å². The molecular weight excluding hydrogens is 499 g/mol. The minimum Gasteiger partial charge on any atom is -0.391 e. The van der Waals surface area contributed by atoms with Crippen molar-refractivity contribution >= 4 is 31.5 Å². The Morgan fingerprint density at radius 2 is 1.83 bits per heavy atom. The number of carbonyl (C=O) groups excluding carboxylic acids is 2. The highest BCUT2D eigenvalue weighted by atomic mass is 35.5. The lowest BCUT2D eigenvalue weighted by molar-refractivity contribution is -0.136. The van der Waals surface area contributed by atoms with E-state index in [4.69, 9.17) is 25.8 Å². The highest BCUT2D eigenvalue weighted by Crippen LogP contribution is 2.70. The zero-order valence-electron chi connectivity index (χ0n) is 22.6. The molecular formula is C28H44ClO6P. The minimum absolute atomic E-state index is 0.00296. The van der Waals surface area contributed by atoms with Crippen LogP contribution < -0.4 is 0 Å². The number of hydrogen-bond acceptors (Lipinski definition) is 6. The number of fused-ring (bicyclic) bond motifs is 5. The van der Waals surface area contributed by atoms with Gasteiger partial charge >= 0.3 is 0 Å². The van der Waals surface area contributed by atoms with Gasteiger partial charge in [0, 0.05) is 17.8 Å². The third kappa shape index (κ3) is 4.92. The second-order valence-corrected chi connectivity index (χ2v) is 13.3. The molecule has 0 radical (unpaired) electrons. The van der Waals surface area contributed by atoms with Crippen LogP contribution in [0, 0.1) is 34.5 Å². The largest absolute Gasteiger partial charge is 0.391 e. The molecule has 8 atom stereocenters. The highest BCUT2D eigenvalue weighted by Gasteiger charge is 2.70. The lowest BCUT2D eigenvalue weighted by Crippen LogP contribution is -2.66. The number of aliphatic hydroxyl groups excluding tert-OH is 2. The van der Waals surface area contributed by atoms with Crippen molar-refractivity contribution in [3.63, 3.8) is 0 Å². The van der Waals surface area contributed by atoms with Gasteiger partial charge in [-0.3, -0.25) is 9.59 Å². The molecule has 5 unspecified atom stereocenters. The van der Waals surface area contributed by atoms with Gasteiger partial charge in [-0.15, -0.1) is 11.6 Å². The van der Waals surface area contributed by atoms with Crippen molar-refractivity contribution in [2.24, 2.45) is 34.5 Å². The van der Waals surface area contributed by atoms with Gasteiger partial charge in [0.1, 0.15) is 12.1 Å². The first kappa shape index (κ1) is 29.9. The molecule has 0 aliphatic heterocycles. The van der Waals surface area contributed by atoms with E-state index in [1.807, 2.05) is 26.8 Å². The van der Waals surface area contributed by atoms with Crippen LogP contribution in [0.2, 0.25) is 0 Å². The molecule has 204 valence electrons. The number of ketones is 2. The summed E-state index contributed by atoms with van der Waals surface area (Å²) >= 11 is 7.39. The SMILES string of the molecule is CCC(=O)C1[C@H](C)C[C@H]2C3CCC4=CC(=O)C=CC4(C)[C@@]3(Cl)C(O)CC12C.CCOP(CO)OCC. The first-order chi connectivity index (χ1) is 16.9. The number of alkyl halides is 1. The summed E-state index contributed by atoms with van der Waals surface area (Å²) in [5.74, 6) is 1.15. The number of carbonyl (C=O) groups is 2. The van der Waals surface area contributed by atoms with E-state index >= 15 is 0 Å². The molecule has 8 heteroatoms. The molecule has 0 saturated heterocycles. The molecule has 3 saturated carbocycles. The summed E-state index contributed by atoms with van der Waals surface area (Å²) < 4.78 is 10.0. The molecule has 0 aromatic carbocycles. The van der Waals surface area contributed by atoms with E-state index in [1.54, 1.807) is 12.2 Å². The van der Waals surface area contributed by atoms with Gasteiger partial charge in [0.15, 0.2) is 14.2 Å². The average molecular weight is 543 g/mol. The maximum Gasteiger partial charge on any atom is 0.197 e. The second-order valence-electron chi connectivity index (χ2n) is 11.2.